The Balaban J connectivity index is 1.39. The van der Waals surface area contributed by atoms with Crippen LogP contribution in [0.2, 0.25) is 0 Å². The van der Waals surface area contributed by atoms with Crippen LogP contribution in [0.25, 0.3) is 0 Å². The number of aromatic nitrogens is 1. The summed E-state index contributed by atoms with van der Waals surface area (Å²) < 4.78 is 22.7. The summed E-state index contributed by atoms with van der Waals surface area (Å²) in [5.41, 5.74) is 1.20. The van der Waals surface area contributed by atoms with E-state index in [-0.39, 0.29) is 30.0 Å². The molecule has 2 aliphatic heterocycles. The number of carbonyl (C=O) groups is 1. The maximum atomic E-state index is 12.1. The lowest BCUT2D eigenvalue weighted by atomic mass is 10.0. The number of sulfone groups is 1. The molecule has 0 bridgehead atoms. The van der Waals surface area contributed by atoms with Gasteiger partial charge in [0.2, 0.25) is 5.91 Å². The van der Waals surface area contributed by atoms with Gasteiger partial charge >= 0.3 is 0 Å². The topological polar surface area (TPSA) is 79.4 Å². The van der Waals surface area contributed by atoms with Crippen LogP contribution < -0.4 is 5.32 Å². The Kier molecular flexibility index (Phi) is 5.30. The number of hydrogen-bond donors (Lipinski definition) is 1. The van der Waals surface area contributed by atoms with E-state index in [2.05, 4.69) is 21.3 Å². The zero-order valence-corrected chi connectivity index (χ0v) is 14.4. The summed E-state index contributed by atoms with van der Waals surface area (Å²) in [6, 6.07) is 4.20. The van der Waals surface area contributed by atoms with Crippen LogP contribution >= 0.6 is 0 Å². The highest BCUT2D eigenvalue weighted by atomic mass is 32.2. The molecule has 1 amide bonds. The Morgan fingerprint density at radius 2 is 2.12 bits per heavy atom. The number of hydrogen-bond acceptors (Lipinski definition) is 5. The zero-order chi connectivity index (χ0) is 17.0. The van der Waals surface area contributed by atoms with Gasteiger partial charge in [0.1, 0.15) is 0 Å². The van der Waals surface area contributed by atoms with Crippen LogP contribution in [0.1, 0.15) is 24.8 Å². The Labute approximate surface area is 142 Å². The van der Waals surface area contributed by atoms with Crippen molar-refractivity contribution < 1.29 is 13.2 Å². The number of nitrogens with one attached hydrogen (secondary N) is 1. The van der Waals surface area contributed by atoms with Crippen molar-refractivity contribution in [1.82, 2.24) is 15.2 Å². The minimum atomic E-state index is -3.08. The Morgan fingerprint density at radius 1 is 1.33 bits per heavy atom. The van der Waals surface area contributed by atoms with E-state index >= 15 is 0 Å². The van der Waals surface area contributed by atoms with Crippen molar-refractivity contribution in [2.75, 3.05) is 18.8 Å². The van der Waals surface area contributed by atoms with Gasteiger partial charge in [-0.15, -0.1) is 0 Å². The fourth-order valence-electron chi connectivity index (χ4n) is 3.28. The Bertz CT molecular complexity index is 695. The van der Waals surface area contributed by atoms with Gasteiger partial charge in [0.05, 0.1) is 5.75 Å². The van der Waals surface area contributed by atoms with Gasteiger partial charge in [0.15, 0.2) is 9.84 Å². The summed E-state index contributed by atoms with van der Waals surface area (Å²) in [5.74, 6) is -0.169. The third-order valence-electron chi connectivity index (χ3n) is 4.53. The molecule has 0 saturated carbocycles. The third-order valence-corrected chi connectivity index (χ3v) is 6.00. The van der Waals surface area contributed by atoms with Crippen LogP contribution in [0, 0.1) is 5.92 Å². The average molecular weight is 349 g/mol. The van der Waals surface area contributed by atoms with E-state index in [1.54, 1.807) is 12.3 Å². The molecular formula is C17H23N3O3S. The summed E-state index contributed by atoms with van der Waals surface area (Å²) in [5, 5.41) is 4.27. The molecule has 0 unspecified atom stereocenters. The van der Waals surface area contributed by atoms with E-state index < -0.39 is 9.84 Å². The summed E-state index contributed by atoms with van der Waals surface area (Å²) in [6.07, 6.45) is 7.39. The first-order valence-corrected chi connectivity index (χ1v) is 10.0. The highest BCUT2D eigenvalue weighted by molar-refractivity contribution is 7.94. The van der Waals surface area contributed by atoms with Gasteiger partial charge in [-0.2, -0.15) is 0 Å². The minimum Gasteiger partial charge on any atom is -0.353 e. The average Bonchev–Trinajstić information content (AvgIpc) is 2.89. The Hall–Kier alpha value is -1.73. The fraction of sp³-hybridized carbons (Fsp3) is 0.529. The number of carbonyl (C=O) groups excluding carboxylic acids is 1. The van der Waals surface area contributed by atoms with E-state index in [0.717, 1.165) is 32.5 Å². The summed E-state index contributed by atoms with van der Waals surface area (Å²) in [6.45, 7) is 2.77. The van der Waals surface area contributed by atoms with Gasteiger partial charge in [0.25, 0.3) is 0 Å². The number of nitrogens with zero attached hydrogens (tertiary/aromatic N) is 2. The molecule has 1 aromatic heterocycles. The quantitative estimate of drug-likeness (QED) is 0.861. The van der Waals surface area contributed by atoms with Crippen molar-refractivity contribution in [3.8, 4) is 0 Å². The van der Waals surface area contributed by atoms with Gasteiger partial charge in [-0.3, -0.25) is 14.7 Å². The molecule has 1 fully saturated rings. The van der Waals surface area contributed by atoms with Gasteiger partial charge in [-0.1, -0.05) is 12.1 Å². The molecule has 0 aliphatic carbocycles. The number of piperidine rings is 1. The van der Waals surface area contributed by atoms with Crippen LogP contribution in [0.15, 0.2) is 36.0 Å². The van der Waals surface area contributed by atoms with Gasteiger partial charge in [-0.05, 0) is 24.5 Å². The maximum Gasteiger partial charge on any atom is 0.220 e. The molecule has 0 spiro atoms. The molecule has 1 atom stereocenters. The number of amides is 1. The Morgan fingerprint density at radius 3 is 2.75 bits per heavy atom. The second kappa shape index (κ2) is 7.44. The van der Waals surface area contributed by atoms with Crippen LogP contribution in [-0.4, -0.2) is 49.1 Å². The standard InChI is InChI=1S/C17H23N3O3S/c21-17(10-14-5-9-24(22,23)13-14)19-16-3-7-20(8-4-16)12-15-2-1-6-18-11-15/h1-2,5-6,9,11,14,16H,3-4,7-8,10,12-13H2,(H,19,21)/t14-/m0/s1. The molecule has 130 valence electrons. The van der Waals surface area contributed by atoms with Crippen molar-refractivity contribution in [2.45, 2.75) is 31.8 Å². The van der Waals surface area contributed by atoms with Crippen molar-refractivity contribution in [3.05, 3.63) is 41.6 Å². The van der Waals surface area contributed by atoms with Gasteiger partial charge in [0, 0.05) is 55.8 Å². The second-order valence-corrected chi connectivity index (χ2v) is 8.53. The van der Waals surface area contributed by atoms with Crippen LogP contribution in [0.3, 0.4) is 0 Å². The molecule has 6 nitrogen and oxygen atoms in total. The molecule has 7 heteroatoms. The van der Waals surface area contributed by atoms with Crippen molar-refractivity contribution in [2.24, 2.45) is 5.92 Å². The lowest BCUT2D eigenvalue weighted by Crippen LogP contribution is -2.44. The highest BCUT2D eigenvalue weighted by Gasteiger charge is 2.26. The molecule has 24 heavy (non-hydrogen) atoms. The predicted molar refractivity (Wildman–Crippen MR) is 91.7 cm³/mol. The number of allylic oxidation sites excluding steroid dienone is 1. The van der Waals surface area contributed by atoms with Crippen molar-refractivity contribution >= 4 is 15.7 Å². The minimum absolute atomic E-state index is 0.0486. The van der Waals surface area contributed by atoms with Crippen LogP contribution in [0.4, 0.5) is 0 Å². The largest absolute Gasteiger partial charge is 0.353 e. The fourth-order valence-corrected chi connectivity index (χ4v) is 4.68. The summed E-state index contributed by atoms with van der Waals surface area (Å²) >= 11 is 0. The first-order chi connectivity index (χ1) is 11.5. The molecule has 3 rings (SSSR count). The second-order valence-electron chi connectivity index (χ2n) is 6.60. The SMILES string of the molecule is O=C(C[C@@H]1C=CS(=O)(=O)C1)NC1CCN(Cc2cccnc2)CC1. The van der Waals surface area contributed by atoms with Gasteiger partial charge in [-0.25, -0.2) is 8.42 Å². The maximum absolute atomic E-state index is 12.1. The molecule has 1 saturated heterocycles. The van der Waals surface area contributed by atoms with E-state index in [1.807, 2.05) is 12.3 Å². The first kappa shape index (κ1) is 17.1. The van der Waals surface area contributed by atoms with Crippen LogP contribution in [0.5, 0.6) is 0 Å². The van der Waals surface area contributed by atoms with E-state index in [4.69, 9.17) is 0 Å². The molecule has 1 aromatic rings. The number of pyridine rings is 1. The molecule has 2 aliphatic rings. The zero-order valence-electron chi connectivity index (χ0n) is 13.6. The van der Waals surface area contributed by atoms with E-state index in [1.165, 1.54) is 11.0 Å². The highest BCUT2D eigenvalue weighted by Crippen LogP contribution is 2.19. The summed E-state index contributed by atoms with van der Waals surface area (Å²) in [7, 11) is -3.08. The predicted octanol–water partition coefficient (Wildman–Crippen LogP) is 1.11. The molecule has 3 heterocycles. The lowest BCUT2D eigenvalue weighted by molar-refractivity contribution is -0.122. The monoisotopic (exact) mass is 349 g/mol. The summed E-state index contributed by atoms with van der Waals surface area (Å²) in [4.78, 5) is 18.6. The molecule has 1 N–H and O–H groups in total. The smallest absolute Gasteiger partial charge is 0.220 e. The van der Waals surface area contributed by atoms with Crippen molar-refractivity contribution in [3.63, 3.8) is 0 Å². The molecule has 0 aromatic carbocycles. The normalized spacial score (nSPS) is 24.1. The van der Waals surface area contributed by atoms with Crippen LogP contribution in [-0.2, 0) is 21.2 Å². The van der Waals surface area contributed by atoms with Crippen molar-refractivity contribution in [1.29, 1.82) is 0 Å². The van der Waals surface area contributed by atoms with Gasteiger partial charge < -0.3 is 5.32 Å². The first-order valence-electron chi connectivity index (χ1n) is 8.32. The number of rotatable bonds is 5. The lowest BCUT2D eigenvalue weighted by Gasteiger charge is -2.32. The third kappa shape index (κ3) is 4.88. The molecule has 0 radical (unpaired) electrons. The molecular weight excluding hydrogens is 326 g/mol. The van der Waals surface area contributed by atoms with E-state index in [0.29, 0.717) is 0 Å². The van der Waals surface area contributed by atoms with E-state index in [9.17, 15) is 13.2 Å². The number of likely N-dealkylation sites (tertiary alicyclic amines) is 1.